The maximum Gasteiger partial charge on any atom is 0.0566 e. The van der Waals surface area contributed by atoms with Crippen LogP contribution in [0.5, 0.6) is 0 Å². The molecule has 14 heavy (non-hydrogen) atoms. The van der Waals surface area contributed by atoms with Gasteiger partial charge in [0.2, 0.25) is 0 Å². The SMILES string of the molecule is CNCc1cccn1Cc1cccs1. The summed E-state index contributed by atoms with van der Waals surface area (Å²) in [6.07, 6.45) is 2.13. The fourth-order valence-electron chi connectivity index (χ4n) is 1.52. The molecule has 0 saturated heterocycles. The Bertz CT molecular complexity index is 376. The fraction of sp³-hybridized carbons (Fsp3) is 0.273. The van der Waals surface area contributed by atoms with Crippen LogP contribution in [0.25, 0.3) is 0 Å². The highest BCUT2D eigenvalue weighted by molar-refractivity contribution is 7.09. The number of nitrogens with zero attached hydrogens (tertiary/aromatic N) is 1. The average molecular weight is 206 g/mol. The predicted octanol–water partition coefficient (Wildman–Crippen LogP) is 2.32. The Morgan fingerprint density at radius 1 is 1.36 bits per heavy atom. The van der Waals surface area contributed by atoms with Gasteiger partial charge >= 0.3 is 0 Å². The van der Waals surface area contributed by atoms with Crippen LogP contribution in [0.1, 0.15) is 10.6 Å². The molecule has 2 rings (SSSR count). The van der Waals surface area contributed by atoms with E-state index in [1.165, 1.54) is 10.6 Å². The first-order valence-corrected chi connectivity index (χ1v) is 5.59. The molecule has 0 atom stereocenters. The van der Waals surface area contributed by atoms with Crippen LogP contribution in [0.2, 0.25) is 0 Å². The Kier molecular flexibility index (Phi) is 3.01. The molecule has 1 N–H and O–H groups in total. The molecule has 0 aromatic carbocycles. The second-order valence-corrected chi connectivity index (χ2v) is 4.27. The topological polar surface area (TPSA) is 17.0 Å². The van der Waals surface area contributed by atoms with Gasteiger partial charge in [-0.2, -0.15) is 0 Å². The minimum Gasteiger partial charge on any atom is -0.345 e. The third kappa shape index (κ3) is 2.05. The number of thiophene rings is 1. The zero-order chi connectivity index (χ0) is 9.80. The van der Waals surface area contributed by atoms with Gasteiger partial charge in [0.1, 0.15) is 0 Å². The van der Waals surface area contributed by atoms with Gasteiger partial charge in [0.15, 0.2) is 0 Å². The van der Waals surface area contributed by atoms with Gasteiger partial charge in [-0.1, -0.05) is 6.07 Å². The summed E-state index contributed by atoms with van der Waals surface area (Å²) in [5.41, 5.74) is 1.33. The monoisotopic (exact) mass is 206 g/mol. The van der Waals surface area contributed by atoms with Gasteiger partial charge in [-0.25, -0.2) is 0 Å². The second-order valence-electron chi connectivity index (χ2n) is 3.24. The highest BCUT2D eigenvalue weighted by atomic mass is 32.1. The number of hydrogen-bond acceptors (Lipinski definition) is 2. The van der Waals surface area contributed by atoms with E-state index < -0.39 is 0 Å². The molecule has 0 aliphatic carbocycles. The summed E-state index contributed by atoms with van der Waals surface area (Å²) in [4.78, 5) is 1.40. The molecule has 0 radical (unpaired) electrons. The van der Waals surface area contributed by atoms with Crippen molar-refractivity contribution in [1.82, 2.24) is 9.88 Å². The van der Waals surface area contributed by atoms with Gasteiger partial charge in [-0.15, -0.1) is 11.3 Å². The first-order valence-electron chi connectivity index (χ1n) is 4.71. The van der Waals surface area contributed by atoms with Crippen LogP contribution in [0.15, 0.2) is 35.8 Å². The molecule has 0 bridgehead atoms. The fourth-order valence-corrected chi connectivity index (χ4v) is 2.22. The van der Waals surface area contributed by atoms with Crippen molar-refractivity contribution >= 4 is 11.3 Å². The summed E-state index contributed by atoms with van der Waals surface area (Å²) >= 11 is 1.81. The molecular formula is C11H14N2S. The van der Waals surface area contributed by atoms with Crippen molar-refractivity contribution in [2.45, 2.75) is 13.1 Å². The zero-order valence-corrected chi connectivity index (χ0v) is 9.05. The molecule has 0 amide bonds. The maximum absolute atomic E-state index is 3.17. The lowest BCUT2D eigenvalue weighted by Crippen LogP contribution is -2.10. The smallest absolute Gasteiger partial charge is 0.0566 e. The minimum absolute atomic E-state index is 0.929. The molecule has 0 fully saturated rings. The van der Waals surface area contributed by atoms with Crippen molar-refractivity contribution < 1.29 is 0 Å². The molecular weight excluding hydrogens is 192 g/mol. The molecule has 2 heterocycles. The first-order chi connectivity index (χ1) is 6.90. The lowest BCUT2D eigenvalue weighted by atomic mass is 10.4. The molecule has 74 valence electrons. The minimum atomic E-state index is 0.929. The van der Waals surface area contributed by atoms with Gasteiger partial charge in [0, 0.05) is 23.3 Å². The highest BCUT2D eigenvalue weighted by Gasteiger charge is 2.00. The molecule has 2 aromatic rings. The van der Waals surface area contributed by atoms with Crippen molar-refractivity contribution in [3.05, 3.63) is 46.4 Å². The summed E-state index contributed by atoms with van der Waals surface area (Å²) in [6.45, 7) is 1.92. The average Bonchev–Trinajstić information content (AvgIpc) is 2.80. The van der Waals surface area contributed by atoms with E-state index in [0.29, 0.717) is 0 Å². The largest absolute Gasteiger partial charge is 0.345 e. The van der Waals surface area contributed by atoms with Crippen molar-refractivity contribution in [1.29, 1.82) is 0 Å². The van der Waals surface area contributed by atoms with Crippen molar-refractivity contribution in [2.75, 3.05) is 7.05 Å². The summed E-state index contributed by atoms with van der Waals surface area (Å²) in [5, 5.41) is 5.29. The van der Waals surface area contributed by atoms with Crippen molar-refractivity contribution in [3.63, 3.8) is 0 Å². The van der Waals surface area contributed by atoms with E-state index in [1.54, 1.807) is 11.3 Å². The molecule has 2 nitrogen and oxygen atoms in total. The van der Waals surface area contributed by atoms with Gasteiger partial charge in [-0.05, 0) is 30.6 Å². The Hall–Kier alpha value is -1.06. The molecule has 0 unspecified atom stereocenters. The molecule has 3 heteroatoms. The predicted molar refractivity (Wildman–Crippen MR) is 60.6 cm³/mol. The first kappa shape index (κ1) is 9.49. The van der Waals surface area contributed by atoms with Gasteiger partial charge in [-0.3, -0.25) is 0 Å². The standard InChI is InChI=1S/C11H14N2S/c1-12-8-10-4-2-6-13(10)9-11-5-3-7-14-11/h2-7,12H,8-9H2,1H3. The molecule has 0 saturated carbocycles. The molecule has 0 aliphatic rings. The number of rotatable bonds is 4. The summed E-state index contributed by atoms with van der Waals surface area (Å²) in [6, 6.07) is 8.53. The zero-order valence-electron chi connectivity index (χ0n) is 8.23. The van der Waals surface area contributed by atoms with Crippen LogP contribution < -0.4 is 5.32 Å². The van der Waals surface area contributed by atoms with E-state index >= 15 is 0 Å². The normalized spacial score (nSPS) is 10.6. The van der Waals surface area contributed by atoms with Crippen LogP contribution in [0.3, 0.4) is 0 Å². The molecule has 0 aliphatic heterocycles. The van der Waals surface area contributed by atoms with Crippen LogP contribution >= 0.6 is 11.3 Å². The van der Waals surface area contributed by atoms with E-state index in [2.05, 4.69) is 45.7 Å². The lowest BCUT2D eigenvalue weighted by Gasteiger charge is -2.06. The quantitative estimate of drug-likeness (QED) is 0.812. The van der Waals surface area contributed by atoms with Gasteiger partial charge in [0.25, 0.3) is 0 Å². The van der Waals surface area contributed by atoms with Crippen molar-refractivity contribution in [3.8, 4) is 0 Å². The van der Waals surface area contributed by atoms with Crippen LogP contribution in [-0.4, -0.2) is 11.6 Å². The van der Waals surface area contributed by atoms with Crippen LogP contribution in [0, 0.1) is 0 Å². The van der Waals surface area contributed by atoms with E-state index in [1.807, 2.05) is 7.05 Å². The lowest BCUT2D eigenvalue weighted by molar-refractivity contribution is 0.699. The Labute approximate surface area is 88.2 Å². The number of hydrogen-bond donors (Lipinski definition) is 1. The Morgan fingerprint density at radius 2 is 2.29 bits per heavy atom. The molecule has 0 spiro atoms. The Morgan fingerprint density at radius 3 is 3.00 bits per heavy atom. The molecule has 2 aromatic heterocycles. The second kappa shape index (κ2) is 4.44. The van der Waals surface area contributed by atoms with Gasteiger partial charge < -0.3 is 9.88 Å². The highest BCUT2D eigenvalue weighted by Crippen LogP contribution is 2.12. The van der Waals surface area contributed by atoms with Crippen LogP contribution in [-0.2, 0) is 13.1 Å². The third-order valence-electron chi connectivity index (χ3n) is 2.19. The maximum atomic E-state index is 3.17. The number of aromatic nitrogens is 1. The van der Waals surface area contributed by atoms with E-state index in [0.717, 1.165) is 13.1 Å². The third-order valence-corrected chi connectivity index (χ3v) is 3.05. The van der Waals surface area contributed by atoms with E-state index in [4.69, 9.17) is 0 Å². The summed E-state index contributed by atoms with van der Waals surface area (Å²) < 4.78 is 2.28. The van der Waals surface area contributed by atoms with Crippen molar-refractivity contribution in [2.24, 2.45) is 0 Å². The van der Waals surface area contributed by atoms with E-state index in [9.17, 15) is 0 Å². The number of nitrogens with one attached hydrogen (secondary N) is 1. The summed E-state index contributed by atoms with van der Waals surface area (Å²) in [7, 11) is 1.97. The van der Waals surface area contributed by atoms with Crippen LogP contribution in [0.4, 0.5) is 0 Å². The van der Waals surface area contributed by atoms with E-state index in [-0.39, 0.29) is 0 Å². The Balaban J connectivity index is 2.12. The summed E-state index contributed by atoms with van der Waals surface area (Å²) in [5.74, 6) is 0. The van der Waals surface area contributed by atoms with Gasteiger partial charge in [0.05, 0.1) is 6.54 Å².